The van der Waals surface area contributed by atoms with Gasteiger partial charge in [0.1, 0.15) is 11.2 Å². The van der Waals surface area contributed by atoms with E-state index in [9.17, 15) is 4.79 Å². The zero-order valence-electron chi connectivity index (χ0n) is 22.0. The number of hydrogen-bond acceptors (Lipinski definition) is 5. The van der Waals surface area contributed by atoms with E-state index in [0.717, 1.165) is 55.9 Å². The van der Waals surface area contributed by atoms with E-state index in [2.05, 4.69) is 58.3 Å². The lowest BCUT2D eigenvalue weighted by atomic mass is 9.88. The molecule has 4 aromatic heterocycles. The Morgan fingerprint density at radius 1 is 0.974 bits per heavy atom. The number of hydrogen-bond donors (Lipinski definition) is 2. The summed E-state index contributed by atoms with van der Waals surface area (Å²) in [6, 6.07) is 20.7. The molecule has 1 aromatic carbocycles. The van der Waals surface area contributed by atoms with Gasteiger partial charge in [0.15, 0.2) is 0 Å². The van der Waals surface area contributed by atoms with Crippen LogP contribution in [0.15, 0.2) is 79.3 Å². The molecule has 0 radical (unpaired) electrons. The van der Waals surface area contributed by atoms with Crippen molar-refractivity contribution in [2.24, 2.45) is 5.73 Å². The number of H-pyrrole nitrogens is 1. The van der Waals surface area contributed by atoms with E-state index in [0.29, 0.717) is 6.42 Å². The predicted octanol–water partition coefficient (Wildman–Crippen LogP) is 7.03. The molecule has 0 aliphatic heterocycles. The van der Waals surface area contributed by atoms with Crippen LogP contribution in [0.5, 0.6) is 0 Å². The lowest BCUT2D eigenvalue weighted by Gasteiger charge is -2.27. The number of aromatic nitrogens is 4. The molecular formula is C31H31N5O2. The molecule has 1 atom stereocenters. The van der Waals surface area contributed by atoms with Gasteiger partial charge in [0, 0.05) is 40.8 Å². The van der Waals surface area contributed by atoms with Gasteiger partial charge in [0.2, 0.25) is 0 Å². The van der Waals surface area contributed by atoms with Crippen LogP contribution >= 0.6 is 0 Å². The second kappa shape index (κ2) is 10.1. The molecule has 0 saturated heterocycles. The summed E-state index contributed by atoms with van der Waals surface area (Å²) in [4.78, 5) is 28.5. The van der Waals surface area contributed by atoms with Gasteiger partial charge in [-0.3, -0.25) is 9.97 Å². The number of benzene rings is 1. The molecule has 0 bridgehead atoms. The van der Waals surface area contributed by atoms with Crippen molar-refractivity contribution >= 4 is 17.1 Å². The number of rotatable bonds is 7. The minimum Gasteiger partial charge on any atom is -0.444 e. The highest BCUT2D eigenvalue weighted by molar-refractivity contribution is 5.95. The molecule has 5 aromatic rings. The normalized spacial score (nSPS) is 12.4. The largest absolute Gasteiger partial charge is 0.444 e. The summed E-state index contributed by atoms with van der Waals surface area (Å²) in [5.74, 6) is 0.190. The number of aryl methyl sites for hydroxylation is 1. The predicted molar refractivity (Wildman–Crippen MR) is 151 cm³/mol. The monoisotopic (exact) mass is 505 g/mol. The molecule has 0 saturated carbocycles. The fourth-order valence-corrected chi connectivity index (χ4v) is 5.01. The van der Waals surface area contributed by atoms with E-state index in [1.807, 2.05) is 63.6 Å². The maximum absolute atomic E-state index is 11.2. The molecule has 7 heteroatoms. The molecule has 0 aliphatic rings. The third-order valence-electron chi connectivity index (χ3n) is 6.72. The number of amides is 1. The summed E-state index contributed by atoms with van der Waals surface area (Å²) in [7, 11) is 0. The van der Waals surface area contributed by atoms with Gasteiger partial charge < -0.3 is 15.5 Å². The number of nitrogens with zero attached hydrogens (tertiary/aromatic N) is 3. The average Bonchev–Trinajstić information content (AvgIpc) is 3.36. The summed E-state index contributed by atoms with van der Waals surface area (Å²) in [5.41, 5.74) is 13.3. The van der Waals surface area contributed by atoms with Crippen molar-refractivity contribution in [1.29, 1.82) is 0 Å². The van der Waals surface area contributed by atoms with Crippen LogP contribution in [0.3, 0.4) is 0 Å². The quantitative estimate of drug-likeness (QED) is 0.247. The van der Waals surface area contributed by atoms with Crippen LogP contribution < -0.4 is 5.73 Å². The van der Waals surface area contributed by atoms with Crippen LogP contribution in [0.2, 0.25) is 0 Å². The smallest absolute Gasteiger partial charge is 0.405 e. The molecule has 0 unspecified atom stereocenters. The van der Waals surface area contributed by atoms with Crippen molar-refractivity contribution < 1.29 is 9.53 Å². The van der Waals surface area contributed by atoms with Gasteiger partial charge in [-0.25, -0.2) is 9.78 Å². The highest BCUT2D eigenvalue weighted by atomic mass is 16.6. The highest BCUT2D eigenvalue weighted by Crippen LogP contribution is 2.34. The van der Waals surface area contributed by atoms with Crippen LogP contribution in [-0.2, 0) is 4.74 Å². The van der Waals surface area contributed by atoms with E-state index in [-0.39, 0.29) is 5.92 Å². The molecule has 192 valence electrons. The van der Waals surface area contributed by atoms with Gasteiger partial charge in [-0.2, -0.15) is 0 Å². The number of carbonyl (C=O) groups is 1. The number of carbonyl (C=O) groups excluding carboxylic acids is 1. The Balaban J connectivity index is 1.45. The van der Waals surface area contributed by atoms with Crippen LogP contribution in [0.4, 0.5) is 4.79 Å². The molecule has 0 aliphatic carbocycles. The van der Waals surface area contributed by atoms with E-state index in [4.69, 9.17) is 15.5 Å². The highest BCUT2D eigenvalue weighted by Gasteiger charge is 2.25. The Morgan fingerprint density at radius 3 is 2.47 bits per heavy atom. The van der Waals surface area contributed by atoms with Gasteiger partial charge in [-0.05, 0) is 80.1 Å². The zero-order chi connectivity index (χ0) is 26.9. The van der Waals surface area contributed by atoms with Gasteiger partial charge in [0.05, 0.1) is 11.4 Å². The fourth-order valence-electron chi connectivity index (χ4n) is 5.01. The number of nitrogens with two attached hydrogens (primary N) is 1. The first-order chi connectivity index (χ1) is 18.2. The van der Waals surface area contributed by atoms with Crippen LogP contribution in [0, 0.1) is 6.92 Å². The molecule has 0 spiro atoms. The maximum atomic E-state index is 11.2. The van der Waals surface area contributed by atoms with Gasteiger partial charge in [0.25, 0.3) is 0 Å². The third-order valence-corrected chi connectivity index (χ3v) is 6.72. The van der Waals surface area contributed by atoms with Crippen molar-refractivity contribution in [2.75, 3.05) is 0 Å². The summed E-state index contributed by atoms with van der Waals surface area (Å²) in [6.07, 6.45) is 5.58. The Hall–Kier alpha value is -4.52. The third kappa shape index (κ3) is 5.42. The van der Waals surface area contributed by atoms with Crippen LogP contribution in [0.25, 0.3) is 44.7 Å². The number of primary amides is 1. The molecule has 7 nitrogen and oxygen atoms in total. The first kappa shape index (κ1) is 25.1. The summed E-state index contributed by atoms with van der Waals surface area (Å²) in [6.45, 7) is 7.85. The van der Waals surface area contributed by atoms with Crippen molar-refractivity contribution in [3.05, 3.63) is 90.5 Å². The lowest BCUT2D eigenvalue weighted by molar-refractivity contribution is 0.0349. The average molecular weight is 506 g/mol. The van der Waals surface area contributed by atoms with Crippen LogP contribution in [-0.4, -0.2) is 31.6 Å². The summed E-state index contributed by atoms with van der Waals surface area (Å²) in [5, 5.41) is 1.03. The Kier molecular flexibility index (Phi) is 6.68. The fraction of sp³-hybridized carbons (Fsp3) is 0.226. The van der Waals surface area contributed by atoms with Crippen molar-refractivity contribution in [2.45, 2.75) is 45.6 Å². The number of aromatic amines is 1. The minimum absolute atomic E-state index is 0.190. The Labute approximate surface area is 222 Å². The molecule has 4 heterocycles. The second-order valence-corrected chi connectivity index (χ2v) is 10.3. The minimum atomic E-state index is -0.752. The first-order valence-electron chi connectivity index (χ1n) is 12.6. The number of pyridine rings is 3. The molecular weight excluding hydrogens is 474 g/mol. The van der Waals surface area contributed by atoms with Gasteiger partial charge >= 0.3 is 6.09 Å². The molecule has 38 heavy (non-hydrogen) atoms. The second-order valence-electron chi connectivity index (χ2n) is 10.3. The van der Waals surface area contributed by atoms with E-state index < -0.39 is 11.7 Å². The summed E-state index contributed by atoms with van der Waals surface area (Å²) >= 11 is 0. The number of nitrogens with one attached hydrogen (secondary N) is 1. The molecule has 5 rings (SSSR count). The zero-order valence-corrected chi connectivity index (χ0v) is 22.0. The molecule has 3 N–H and O–H groups in total. The van der Waals surface area contributed by atoms with Crippen molar-refractivity contribution in [3.8, 4) is 33.6 Å². The lowest BCUT2D eigenvalue weighted by Crippen LogP contribution is -2.32. The maximum Gasteiger partial charge on any atom is 0.405 e. The van der Waals surface area contributed by atoms with E-state index in [1.54, 1.807) is 0 Å². The SMILES string of the molecule is Cc1cccc(-c2cc(-c3cncc(-c4ccc([C@H](C)CC(C)(C)OC(N)=O)cc4)c3)c3cc[nH]c3n2)n1. The standard InChI is InChI=1S/C31H31N5O2/c1-19(16-31(3,4)38-30(32)37)21-8-10-22(11-9-21)23-14-24(18-33-17-23)26-15-28(27-7-5-6-20(2)35-27)36-29-25(26)12-13-34-29/h5-15,17-19H,16H2,1-4H3,(H2,32,37)(H,34,36)/t19-/m1/s1. The van der Waals surface area contributed by atoms with Gasteiger partial charge in [-0.1, -0.05) is 37.3 Å². The van der Waals surface area contributed by atoms with E-state index in [1.165, 1.54) is 0 Å². The summed E-state index contributed by atoms with van der Waals surface area (Å²) < 4.78 is 5.27. The van der Waals surface area contributed by atoms with Crippen LogP contribution in [0.1, 0.15) is 44.4 Å². The number of fused-ring (bicyclic) bond motifs is 1. The molecule has 1 amide bonds. The van der Waals surface area contributed by atoms with Crippen molar-refractivity contribution in [3.63, 3.8) is 0 Å². The van der Waals surface area contributed by atoms with E-state index >= 15 is 0 Å². The number of ether oxygens (including phenoxy) is 1. The Bertz CT molecular complexity index is 1600. The van der Waals surface area contributed by atoms with Crippen molar-refractivity contribution in [1.82, 2.24) is 19.9 Å². The topological polar surface area (TPSA) is 107 Å². The molecule has 0 fully saturated rings. The Morgan fingerprint density at radius 2 is 1.74 bits per heavy atom. The first-order valence-corrected chi connectivity index (χ1v) is 12.6. The van der Waals surface area contributed by atoms with Gasteiger partial charge in [-0.15, -0.1) is 0 Å².